The second kappa shape index (κ2) is 11.2. The number of rotatable bonds is 9. The van der Waals surface area contributed by atoms with Crippen LogP contribution in [0.4, 0.5) is 11.4 Å². The van der Waals surface area contributed by atoms with Gasteiger partial charge in [-0.3, -0.25) is 4.79 Å². The molecule has 0 aliphatic carbocycles. The molecule has 190 valence electrons. The van der Waals surface area contributed by atoms with Gasteiger partial charge in [0.15, 0.2) is 0 Å². The molecule has 1 heterocycles. The molecule has 1 N–H and O–H groups in total. The Hall–Kier alpha value is -4.19. The van der Waals surface area contributed by atoms with E-state index >= 15 is 0 Å². The maximum atomic E-state index is 12.8. The monoisotopic (exact) mass is 493 g/mol. The topological polar surface area (TPSA) is 61.4 Å². The number of amides is 1. The molecule has 37 heavy (non-hydrogen) atoms. The summed E-state index contributed by atoms with van der Waals surface area (Å²) in [4.78, 5) is 27.1. The lowest BCUT2D eigenvalue weighted by Gasteiger charge is -2.17. The number of anilines is 2. The highest BCUT2D eigenvalue weighted by Crippen LogP contribution is 2.34. The number of fused-ring (bicyclic) bond motifs is 1. The van der Waals surface area contributed by atoms with Crippen molar-refractivity contribution >= 4 is 28.3 Å². The zero-order valence-corrected chi connectivity index (χ0v) is 22.3. The van der Waals surface area contributed by atoms with Crippen LogP contribution in [-0.2, 0) is 0 Å². The largest absolute Gasteiger partial charge is 0.378 e. The van der Waals surface area contributed by atoms with Gasteiger partial charge in [-0.1, -0.05) is 37.3 Å². The molecular weight excluding hydrogens is 458 g/mol. The van der Waals surface area contributed by atoms with Crippen LogP contribution in [0.1, 0.15) is 23.7 Å². The smallest absolute Gasteiger partial charge is 0.251 e. The van der Waals surface area contributed by atoms with Crippen molar-refractivity contribution < 1.29 is 4.79 Å². The number of hydrogen-bond acceptors (Lipinski definition) is 5. The number of allylic oxidation sites excluding steroid dienone is 1. The van der Waals surface area contributed by atoms with Crippen LogP contribution in [-0.4, -0.2) is 50.6 Å². The molecular formula is C31H35N5O. The molecule has 1 amide bonds. The van der Waals surface area contributed by atoms with Crippen molar-refractivity contribution in [2.75, 3.05) is 44.5 Å². The predicted octanol–water partition coefficient (Wildman–Crippen LogP) is 6.04. The number of hydrogen-bond donors (Lipinski definition) is 1. The Morgan fingerprint density at radius 1 is 0.865 bits per heavy atom. The minimum Gasteiger partial charge on any atom is -0.378 e. The lowest BCUT2D eigenvalue weighted by atomic mass is 10.0. The van der Waals surface area contributed by atoms with Gasteiger partial charge in [0.2, 0.25) is 0 Å². The first-order valence-electron chi connectivity index (χ1n) is 12.5. The molecule has 0 radical (unpaired) electrons. The second-order valence-corrected chi connectivity index (χ2v) is 9.77. The van der Waals surface area contributed by atoms with Crippen LogP contribution >= 0.6 is 0 Å². The van der Waals surface area contributed by atoms with Gasteiger partial charge in [0.05, 0.1) is 22.4 Å². The number of aromatic nitrogens is 2. The second-order valence-electron chi connectivity index (χ2n) is 9.77. The first-order valence-corrected chi connectivity index (χ1v) is 12.5. The molecule has 3 aromatic carbocycles. The van der Waals surface area contributed by atoms with Crippen LogP contribution < -0.4 is 15.1 Å². The van der Waals surface area contributed by atoms with Crippen molar-refractivity contribution in [3.63, 3.8) is 0 Å². The quantitative estimate of drug-likeness (QED) is 0.288. The Labute approximate surface area is 219 Å². The summed E-state index contributed by atoms with van der Waals surface area (Å²) in [6.07, 6.45) is 2.75. The number of carbonyl (C=O) groups is 1. The van der Waals surface area contributed by atoms with Crippen molar-refractivity contribution in [2.24, 2.45) is 5.92 Å². The number of nitrogens with one attached hydrogen (secondary N) is 1. The summed E-state index contributed by atoms with van der Waals surface area (Å²) in [5, 5.41) is 3.00. The highest BCUT2D eigenvalue weighted by atomic mass is 16.1. The highest BCUT2D eigenvalue weighted by Gasteiger charge is 2.16. The van der Waals surface area contributed by atoms with Crippen LogP contribution in [0.5, 0.6) is 0 Å². The molecule has 0 aliphatic rings. The van der Waals surface area contributed by atoms with Crippen LogP contribution in [0.15, 0.2) is 79.4 Å². The van der Waals surface area contributed by atoms with Gasteiger partial charge < -0.3 is 15.1 Å². The van der Waals surface area contributed by atoms with Gasteiger partial charge in [0.25, 0.3) is 5.91 Å². The molecule has 0 fully saturated rings. The molecule has 4 rings (SSSR count). The van der Waals surface area contributed by atoms with Gasteiger partial charge in [-0.05, 0) is 54.8 Å². The molecule has 0 bridgehead atoms. The third-order valence-corrected chi connectivity index (χ3v) is 6.49. The van der Waals surface area contributed by atoms with E-state index in [1.54, 1.807) is 0 Å². The van der Waals surface area contributed by atoms with Gasteiger partial charge in [-0.15, -0.1) is 6.58 Å². The SMILES string of the molecule is C=CC(C)CCNC(=O)c1ccc2nc(-c3cccc(N(C)C)c3)c(-c3cccc(N(C)C)c3)nc2c1. The standard InChI is InChI=1S/C31H35N5O/c1-7-21(2)16-17-32-31(37)24-14-15-27-28(20-24)34-30(23-11-9-13-26(19-23)36(5)6)29(33-27)22-10-8-12-25(18-22)35(3)4/h7-15,18-21H,1,16-17H2,2-6H3,(H,32,37). The Balaban J connectivity index is 1.81. The van der Waals surface area contributed by atoms with E-state index in [0.717, 1.165) is 45.8 Å². The summed E-state index contributed by atoms with van der Waals surface area (Å²) in [6.45, 7) is 6.49. The van der Waals surface area contributed by atoms with E-state index < -0.39 is 0 Å². The third kappa shape index (κ3) is 5.97. The van der Waals surface area contributed by atoms with E-state index in [-0.39, 0.29) is 5.91 Å². The fourth-order valence-electron chi connectivity index (χ4n) is 4.09. The zero-order valence-electron chi connectivity index (χ0n) is 22.3. The minimum atomic E-state index is -0.112. The van der Waals surface area contributed by atoms with Crippen molar-refractivity contribution in [1.29, 1.82) is 0 Å². The Kier molecular flexibility index (Phi) is 7.87. The van der Waals surface area contributed by atoms with Crippen LogP contribution in [0, 0.1) is 5.92 Å². The van der Waals surface area contributed by atoms with Gasteiger partial charge in [0.1, 0.15) is 0 Å². The lowest BCUT2D eigenvalue weighted by Crippen LogP contribution is -2.25. The average molecular weight is 494 g/mol. The van der Waals surface area contributed by atoms with Crippen molar-refractivity contribution in [3.05, 3.63) is 84.9 Å². The molecule has 0 saturated heterocycles. The Bertz CT molecular complexity index is 1430. The molecule has 6 heteroatoms. The van der Waals surface area contributed by atoms with E-state index in [1.807, 2.05) is 64.6 Å². The summed E-state index contributed by atoms with van der Waals surface area (Å²) >= 11 is 0. The maximum Gasteiger partial charge on any atom is 0.251 e. The van der Waals surface area contributed by atoms with E-state index in [9.17, 15) is 4.79 Å². The first kappa shape index (κ1) is 25.9. The van der Waals surface area contributed by atoms with Crippen molar-refractivity contribution in [3.8, 4) is 22.5 Å². The Morgan fingerprint density at radius 2 is 1.43 bits per heavy atom. The van der Waals surface area contributed by atoms with Gasteiger partial charge in [-0.25, -0.2) is 9.97 Å². The number of carbonyl (C=O) groups excluding carboxylic acids is 1. The Morgan fingerprint density at radius 3 is 1.97 bits per heavy atom. The normalized spacial score (nSPS) is 11.7. The van der Waals surface area contributed by atoms with Gasteiger partial charge in [0, 0.05) is 62.8 Å². The third-order valence-electron chi connectivity index (χ3n) is 6.49. The van der Waals surface area contributed by atoms with Crippen molar-refractivity contribution in [2.45, 2.75) is 13.3 Å². The summed E-state index contributed by atoms with van der Waals surface area (Å²) < 4.78 is 0. The fraction of sp³-hybridized carbons (Fsp3) is 0.258. The zero-order chi connectivity index (χ0) is 26.5. The maximum absolute atomic E-state index is 12.8. The van der Waals surface area contributed by atoms with Gasteiger partial charge in [-0.2, -0.15) is 0 Å². The summed E-state index contributed by atoms with van der Waals surface area (Å²) in [7, 11) is 8.09. The van der Waals surface area contributed by atoms with E-state index in [1.165, 1.54) is 0 Å². The summed E-state index contributed by atoms with van der Waals surface area (Å²) in [5.74, 6) is 0.242. The molecule has 1 aromatic heterocycles. The van der Waals surface area contributed by atoms with E-state index in [0.29, 0.717) is 23.5 Å². The molecule has 0 aliphatic heterocycles. The van der Waals surface area contributed by atoms with E-state index in [4.69, 9.17) is 9.97 Å². The molecule has 0 spiro atoms. The number of nitrogens with zero attached hydrogens (tertiary/aromatic N) is 4. The molecule has 1 atom stereocenters. The molecule has 6 nitrogen and oxygen atoms in total. The fourth-order valence-corrected chi connectivity index (χ4v) is 4.09. The van der Waals surface area contributed by atoms with Crippen LogP contribution in [0.25, 0.3) is 33.5 Å². The molecule has 1 unspecified atom stereocenters. The van der Waals surface area contributed by atoms with Crippen molar-refractivity contribution in [1.82, 2.24) is 15.3 Å². The average Bonchev–Trinajstić information content (AvgIpc) is 2.91. The molecule has 0 saturated carbocycles. The summed E-state index contributed by atoms with van der Waals surface area (Å²) in [6, 6.07) is 22.1. The first-order chi connectivity index (χ1) is 17.8. The van der Waals surface area contributed by atoms with E-state index in [2.05, 4.69) is 65.0 Å². The highest BCUT2D eigenvalue weighted by molar-refractivity contribution is 5.98. The predicted molar refractivity (Wildman–Crippen MR) is 155 cm³/mol. The van der Waals surface area contributed by atoms with Crippen LogP contribution in [0.2, 0.25) is 0 Å². The van der Waals surface area contributed by atoms with Crippen LogP contribution in [0.3, 0.4) is 0 Å². The summed E-state index contributed by atoms with van der Waals surface area (Å²) in [5.41, 5.74) is 7.72. The number of benzene rings is 3. The minimum absolute atomic E-state index is 0.112. The van der Waals surface area contributed by atoms with Gasteiger partial charge >= 0.3 is 0 Å². The molecule has 4 aromatic rings. The lowest BCUT2D eigenvalue weighted by molar-refractivity contribution is 0.0952.